The van der Waals surface area contributed by atoms with E-state index in [9.17, 15) is 0 Å². The van der Waals surface area contributed by atoms with Gasteiger partial charge in [-0.25, -0.2) is 0 Å². The fourth-order valence-corrected chi connectivity index (χ4v) is 3.01. The Kier molecular flexibility index (Phi) is 2.37. The lowest BCUT2D eigenvalue weighted by molar-refractivity contribution is 1.50. The minimum atomic E-state index is 1.16. The molecule has 1 aliphatic carbocycles. The van der Waals surface area contributed by atoms with Crippen molar-refractivity contribution in [3.8, 4) is 33.4 Å². The lowest BCUT2D eigenvalue weighted by Crippen LogP contribution is -2.00. The zero-order valence-corrected chi connectivity index (χ0v) is 11.1. The number of rotatable bonds is 2. The highest BCUT2D eigenvalue weighted by atomic mass is 14.3. The molecular weight excluding hydrogens is 240 g/mol. The van der Waals surface area contributed by atoms with Gasteiger partial charge in [-0.3, -0.25) is 0 Å². The molecule has 20 heavy (non-hydrogen) atoms. The topological polar surface area (TPSA) is 0 Å². The number of benzene rings is 3. The van der Waals surface area contributed by atoms with Crippen molar-refractivity contribution in [1.29, 1.82) is 0 Å². The molecule has 3 aromatic rings. The summed E-state index contributed by atoms with van der Waals surface area (Å²) >= 11 is 0. The molecule has 0 saturated heterocycles. The summed E-state index contributed by atoms with van der Waals surface area (Å²) in [6, 6.07) is 23.7. The Hall–Kier alpha value is -2.60. The van der Waals surface area contributed by atoms with Crippen LogP contribution in [-0.4, -0.2) is 0 Å². The molecule has 0 aliphatic heterocycles. The standard InChI is InChI=1S/C20H14/c1-2-14-7-5-8-15(13-14)16-11-6-12-19-17-9-3-4-10-18(17)20(16)19/h2-13H,1H2. The van der Waals surface area contributed by atoms with Crippen LogP contribution in [0.5, 0.6) is 0 Å². The van der Waals surface area contributed by atoms with Gasteiger partial charge in [0.25, 0.3) is 0 Å². The third-order valence-electron chi connectivity index (χ3n) is 3.98. The molecule has 1 aliphatic rings. The quantitative estimate of drug-likeness (QED) is 0.434. The fraction of sp³-hybridized carbons (Fsp3) is 0. The molecule has 0 heterocycles. The second-order valence-corrected chi connectivity index (χ2v) is 5.10. The summed E-state index contributed by atoms with van der Waals surface area (Å²) in [4.78, 5) is 0. The van der Waals surface area contributed by atoms with Crippen molar-refractivity contribution in [2.24, 2.45) is 0 Å². The molecule has 4 rings (SSSR count). The van der Waals surface area contributed by atoms with Crippen molar-refractivity contribution in [3.05, 3.63) is 78.9 Å². The smallest absolute Gasteiger partial charge is 0.00204 e. The summed E-state index contributed by atoms with van der Waals surface area (Å²) in [7, 11) is 0. The SMILES string of the molecule is C=Cc1cccc(-c2cccc3c2-c2ccccc2-3)c1. The van der Waals surface area contributed by atoms with Gasteiger partial charge in [-0.1, -0.05) is 73.3 Å². The Bertz CT molecular complexity index is 825. The summed E-state index contributed by atoms with van der Waals surface area (Å²) in [6.45, 7) is 3.86. The van der Waals surface area contributed by atoms with Crippen LogP contribution in [0, 0.1) is 0 Å². The van der Waals surface area contributed by atoms with E-state index in [4.69, 9.17) is 0 Å². The zero-order valence-electron chi connectivity index (χ0n) is 11.1. The van der Waals surface area contributed by atoms with Crippen LogP contribution in [0.15, 0.2) is 73.3 Å². The van der Waals surface area contributed by atoms with E-state index in [2.05, 4.69) is 73.3 Å². The predicted molar refractivity (Wildman–Crippen MR) is 86.4 cm³/mol. The molecule has 0 spiro atoms. The molecule has 0 fully saturated rings. The van der Waals surface area contributed by atoms with Gasteiger partial charge in [-0.15, -0.1) is 0 Å². The Morgan fingerprint density at radius 3 is 2.20 bits per heavy atom. The van der Waals surface area contributed by atoms with Crippen LogP contribution in [0.25, 0.3) is 39.5 Å². The molecular formula is C20H14. The first kappa shape index (κ1) is 11.2. The largest absolute Gasteiger partial charge is 0.0985 e. The van der Waals surface area contributed by atoms with Crippen molar-refractivity contribution in [2.75, 3.05) is 0 Å². The molecule has 0 nitrogen and oxygen atoms in total. The first-order valence-electron chi connectivity index (χ1n) is 6.84. The maximum atomic E-state index is 3.86. The van der Waals surface area contributed by atoms with Crippen LogP contribution in [0.4, 0.5) is 0 Å². The van der Waals surface area contributed by atoms with Crippen LogP contribution in [-0.2, 0) is 0 Å². The molecule has 0 heteroatoms. The average Bonchev–Trinajstić information content (AvgIpc) is 2.52. The van der Waals surface area contributed by atoms with Crippen molar-refractivity contribution >= 4 is 6.08 Å². The maximum absolute atomic E-state index is 3.86. The Labute approximate surface area is 119 Å². The summed E-state index contributed by atoms with van der Waals surface area (Å²) in [6.07, 6.45) is 1.90. The van der Waals surface area contributed by atoms with E-state index in [-0.39, 0.29) is 0 Å². The van der Waals surface area contributed by atoms with Crippen LogP contribution in [0.2, 0.25) is 0 Å². The summed E-state index contributed by atoms with van der Waals surface area (Å²) in [5.74, 6) is 0. The molecule has 0 atom stereocenters. The number of fused-ring (bicyclic) bond motifs is 4. The zero-order chi connectivity index (χ0) is 13.5. The van der Waals surface area contributed by atoms with Crippen LogP contribution in [0.1, 0.15) is 5.56 Å². The predicted octanol–water partition coefficient (Wildman–Crippen LogP) is 5.64. The minimum Gasteiger partial charge on any atom is -0.0985 e. The minimum absolute atomic E-state index is 1.16. The van der Waals surface area contributed by atoms with Gasteiger partial charge in [0.15, 0.2) is 0 Å². The Morgan fingerprint density at radius 2 is 1.35 bits per heavy atom. The van der Waals surface area contributed by atoms with E-state index in [0.29, 0.717) is 0 Å². The van der Waals surface area contributed by atoms with Gasteiger partial charge in [-0.2, -0.15) is 0 Å². The molecule has 0 N–H and O–H groups in total. The van der Waals surface area contributed by atoms with Gasteiger partial charge in [-0.05, 0) is 45.0 Å². The first-order chi connectivity index (χ1) is 9.88. The molecule has 0 unspecified atom stereocenters. The maximum Gasteiger partial charge on any atom is -0.00204 e. The third-order valence-corrected chi connectivity index (χ3v) is 3.98. The van der Waals surface area contributed by atoms with Crippen molar-refractivity contribution in [3.63, 3.8) is 0 Å². The second kappa shape index (κ2) is 4.21. The van der Waals surface area contributed by atoms with Gasteiger partial charge >= 0.3 is 0 Å². The highest BCUT2D eigenvalue weighted by molar-refractivity contribution is 6.08. The Morgan fingerprint density at radius 1 is 0.650 bits per heavy atom. The summed E-state index contributed by atoms with van der Waals surface area (Å²) < 4.78 is 0. The van der Waals surface area contributed by atoms with Crippen molar-refractivity contribution < 1.29 is 0 Å². The van der Waals surface area contributed by atoms with E-state index < -0.39 is 0 Å². The highest BCUT2D eigenvalue weighted by Gasteiger charge is 2.24. The fourth-order valence-electron chi connectivity index (χ4n) is 3.01. The molecule has 3 aromatic carbocycles. The van der Waals surface area contributed by atoms with Gasteiger partial charge in [0.05, 0.1) is 0 Å². The van der Waals surface area contributed by atoms with Crippen LogP contribution in [0.3, 0.4) is 0 Å². The lowest BCUT2D eigenvalue weighted by Gasteiger charge is -2.26. The molecule has 0 amide bonds. The molecule has 0 aromatic heterocycles. The second-order valence-electron chi connectivity index (χ2n) is 5.10. The first-order valence-corrected chi connectivity index (χ1v) is 6.84. The normalized spacial score (nSPS) is 11.2. The van der Waals surface area contributed by atoms with Gasteiger partial charge in [0, 0.05) is 0 Å². The van der Waals surface area contributed by atoms with E-state index in [0.717, 1.165) is 5.56 Å². The molecule has 94 valence electrons. The monoisotopic (exact) mass is 254 g/mol. The molecule has 0 bridgehead atoms. The van der Waals surface area contributed by atoms with E-state index in [1.54, 1.807) is 0 Å². The number of hydrogen-bond acceptors (Lipinski definition) is 0. The Balaban J connectivity index is 1.94. The van der Waals surface area contributed by atoms with E-state index >= 15 is 0 Å². The van der Waals surface area contributed by atoms with E-state index in [1.807, 2.05) is 6.08 Å². The lowest BCUT2D eigenvalue weighted by atomic mass is 9.76. The van der Waals surface area contributed by atoms with Gasteiger partial charge in [0.1, 0.15) is 0 Å². The number of hydrogen-bond donors (Lipinski definition) is 0. The summed E-state index contributed by atoms with van der Waals surface area (Å²) in [5, 5.41) is 0. The van der Waals surface area contributed by atoms with Crippen LogP contribution >= 0.6 is 0 Å². The summed E-state index contributed by atoms with van der Waals surface area (Å²) in [5.41, 5.74) is 9.20. The average molecular weight is 254 g/mol. The van der Waals surface area contributed by atoms with Gasteiger partial charge < -0.3 is 0 Å². The third kappa shape index (κ3) is 1.48. The molecule has 0 saturated carbocycles. The van der Waals surface area contributed by atoms with E-state index in [1.165, 1.54) is 33.4 Å². The highest BCUT2D eigenvalue weighted by Crippen LogP contribution is 2.51. The molecule has 0 radical (unpaired) electrons. The van der Waals surface area contributed by atoms with Crippen molar-refractivity contribution in [2.45, 2.75) is 0 Å². The van der Waals surface area contributed by atoms with Gasteiger partial charge in [0.2, 0.25) is 0 Å². The van der Waals surface area contributed by atoms with Crippen molar-refractivity contribution in [1.82, 2.24) is 0 Å². The van der Waals surface area contributed by atoms with Crippen LogP contribution < -0.4 is 0 Å².